The minimum atomic E-state index is -0.173. The Bertz CT molecular complexity index is 154. The van der Waals surface area contributed by atoms with Gasteiger partial charge in [-0.3, -0.25) is 9.69 Å². The molecule has 0 bridgehead atoms. The van der Waals surface area contributed by atoms with Gasteiger partial charge >= 0.3 is 5.97 Å². The standard InChI is InChI=1S/C11H23NO3/c1-4-7-8-12(10-14-5-2)9-11(13)15-6-3/h4-10H2,1-3H3. The van der Waals surface area contributed by atoms with Crippen molar-refractivity contribution in [1.29, 1.82) is 0 Å². The lowest BCUT2D eigenvalue weighted by Gasteiger charge is -2.20. The zero-order valence-corrected chi connectivity index (χ0v) is 10.1. The highest BCUT2D eigenvalue weighted by molar-refractivity contribution is 5.71. The predicted molar refractivity (Wildman–Crippen MR) is 59.6 cm³/mol. The Kier molecular flexibility index (Phi) is 9.52. The molecule has 0 aliphatic heterocycles. The fraction of sp³-hybridized carbons (Fsp3) is 0.909. The van der Waals surface area contributed by atoms with Crippen LogP contribution in [0, 0.1) is 0 Å². The van der Waals surface area contributed by atoms with Crippen molar-refractivity contribution in [2.45, 2.75) is 33.6 Å². The van der Waals surface area contributed by atoms with Gasteiger partial charge in [-0.15, -0.1) is 0 Å². The summed E-state index contributed by atoms with van der Waals surface area (Å²) < 4.78 is 10.2. The average Bonchev–Trinajstić information content (AvgIpc) is 2.22. The molecule has 90 valence electrons. The van der Waals surface area contributed by atoms with Crippen LogP contribution in [0.15, 0.2) is 0 Å². The Hall–Kier alpha value is -0.610. The lowest BCUT2D eigenvalue weighted by atomic mass is 10.3. The van der Waals surface area contributed by atoms with Crippen LogP contribution in [0.5, 0.6) is 0 Å². The molecule has 4 nitrogen and oxygen atoms in total. The van der Waals surface area contributed by atoms with E-state index in [4.69, 9.17) is 9.47 Å². The van der Waals surface area contributed by atoms with E-state index in [1.165, 1.54) is 0 Å². The van der Waals surface area contributed by atoms with E-state index < -0.39 is 0 Å². The van der Waals surface area contributed by atoms with E-state index in [9.17, 15) is 4.79 Å². The molecule has 0 aromatic heterocycles. The number of ether oxygens (including phenoxy) is 2. The second kappa shape index (κ2) is 9.93. The van der Waals surface area contributed by atoms with Gasteiger partial charge in [0.25, 0.3) is 0 Å². The number of unbranched alkanes of at least 4 members (excludes halogenated alkanes) is 1. The summed E-state index contributed by atoms with van der Waals surface area (Å²) in [5.74, 6) is -0.173. The highest BCUT2D eigenvalue weighted by atomic mass is 16.5. The van der Waals surface area contributed by atoms with Crippen LogP contribution in [0.4, 0.5) is 0 Å². The molecular weight excluding hydrogens is 194 g/mol. The van der Waals surface area contributed by atoms with Gasteiger partial charge in [-0.1, -0.05) is 13.3 Å². The molecule has 0 saturated heterocycles. The molecule has 0 saturated carbocycles. The van der Waals surface area contributed by atoms with Crippen molar-refractivity contribution in [3.8, 4) is 0 Å². The van der Waals surface area contributed by atoms with Crippen molar-refractivity contribution in [3.05, 3.63) is 0 Å². The van der Waals surface area contributed by atoms with Crippen molar-refractivity contribution in [2.75, 3.05) is 33.0 Å². The number of nitrogens with zero attached hydrogens (tertiary/aromatic N) is 1. The van der Waals surface area contributed by atoms with Crippen LogP contribution in [0.3, 0.4) is 0 Å². The first-order valence-corrected chi connectivity index (χ1v) is 5.70. The highest BCUT2D eigenvalue weighted by Gasteiger charge is 2.10. The van der Waals surface area contributed by atoms with Crippen molar-refractivity contribution >= 4 is 5.97 Å². The van der Waals surface area contributed by atoms with E-state index in [2.05, 4.69) is 6.92 Å². The Morgan fingerprint density at radius 3 is 2.47 bits per heavy atom. The topological polar surface area (TPSA) is 38.8 Å². The summed E-state index contributed by atoms with van der Waals surface area (Å²) in [6, 6.07) is 0. The molecular formula is C11H23NO3. The fourth-order valence-electron chi connectivity index (χ4n) is 1.18. The molecule has 0 fully saturated rings. The Morgan fingerprint density at radius 2 is 1.93 bits per heavy atom. The zero-order valence-electron chi connectivity index (χ0n) is 10.1. The first-order valence-electron chi connectivity index (χ1n) is 5.70. The van der Waals surface area contributed by atoms with E-state index in [0.29, 0.717) is 26.5 Å². The molecule has 0 aromatic carbocycles. The molecule has 0 aromatic rings. The fourth-order valence-corrected chi connectivity index (χ4v) is 1.18. The number of carbonyl (C=O) groups excluding carboxylic acids is 1. The Balaban J connectivity index is 3.82. The maximum Gasteiger partial charge on any atom is 0.320 e. The maximum absolute atomic E-state index is 11.3. The first-order chi connectivity index (χ1) is 7.24. The summed E-state index contributed by atoms with van der Waals surface area (Å²) in [6.07, 6.45) is 2.19. The average molecular weight is 217 g/mol. The Labute approximate surface area is 92.5 Å². The van der Waals surface area contributed by atoms with Crippen LogP contribution in [0.1, 0.15) is 33.6 Å². The third kappa shape index (κ3) is 8.39. The van der Waals surface area contributed by atoms with E-state index in [-0.39, 0.29) is 5.97 Å². The Morgan fingerprint density at radius 1 is 1.20 bits per heavy atom. The SMILES string of the molecule is CCCCN(COCC)CC(=O)OCC. The van der Waals surface area contributed by atoms with E-state index in [0.717, 1.165) is 19.4 Å². The van der Waals surface area contributed by atoms with Gasteiger partial charge in [-0.25, -0.2) is 0 Å². The molecule has 0 rings (SSSR count). The number of hydrogen-bond acceptors (Lipinski definition) is 4. The van der Waals surface area contributed by atoms with Crippen LogP contribution in [0.2, 0.25) is 0 Å². The number of hydrogen-bond donors (Lipinski definition) is 0. The van der Waals surface area contributed by atoms with Gasteiger partial charge in [0.2, 0.25) is 0 Å². The number of esters is 1. The minimum absolute atomic E-state index is 0.173. The molecule has 0 atom stereocenters. The zero-order chi connectivity index (χ0) is 11.5. The van der Waals surface area contributed by atoms with E-state index >= 15 is 0 Å². The van der Waals surface area contributed by atoms with Crippen LogP contribution >= 0.6 is 0 Å². The molecule has 15 heavy (non-hydrogen) atoms. The summed E-state index contributed by atoms with van der Waals surface area (Å²) in [6.45, 7) is 8.72. The van der Waals surface area contributed by atoms with Crippen LogP contribution in [-0.2, 0) is 14.3 Å². The van der Waals surface area contributed by atoms with Crippen molar-refractivity contribution in [3.63, 3.8) is 0 Å². The third-order valence-corrected chi connectivity index (χ3v) is 1.96. The van der Waals surface area contributed by atoms with Gasteiger partial charge in [0.15, 0.2) is 0 Å². The van der Waals surface area contributed by atoms with Gasteiger partial charge in [0, 0.05) is 13.2 Å². The molecule has 0 heterocycles. The summed E-state index contributed by atoms with van der Waals surface area (Å²) in [5.41, 5.74) is 0. The van der Waals surface area contributed by atoms with Gasteiger partial charge in [-0.2, -0.15) is 0 Å². The first kappa shape index (κ1) is 14.4. The van der Waals surface area contributed by atoms with Crippen molar-refractivity contribution < 1.29 is 14.3 Å². The molecule has 0 amide bonds. The third-order valence-electron chi connectivity index (χ3n) is 1.96. The maximum atomic E-state index is 11.3. The predicted octanol–water partition coefficient (Wildman–Crippen LogP) is 1.65. The molecule has 0 radical (unpaired) electrons. The summed E-state index contributed by atoms with van der Waals surface area (Å²) in [7, 11) is 0. The van der Waals surface area contributed by atoms with Crippen LogP contribution in [0.25, 0.3) is 0 Å². The van der Waals surface area contributed by atoms with Gasteiger partial charge in [-0.05, 0) is 20.3 Å². The van der Waals surface area contributed by atoms with E-state index in [1.807, 2.05) is 18.7 Å². The lowest BCUT2D eigenvalue weighted by Crippen LogP contribution is -2.33. The van der Waals surface area contributed by atoms with Gasteiger partial charge < -0.3 is 9.47 Å². The summed E-state index contributed by atoms with van der Waals surface area (Å²) in [4.78, 5) is 13.2. The summed E-state index contributed by atoms with van der Waals surface area (Å²) in [5, 5.41) is 0. The highest BCUT2D eigenvalue weighted by Crippen LogP contribution is 1.96. The quantitative estimate of drug-likeness (QED) is 0.435. The van der Waals surface area contributed by atoms with Crippen LogP contribution in [-0.4, -0.2) is 43.9 Å². The second-order valence-electron chi connectivity index (χ2n) is 3.33. The minimum Gasteiger partial charge on any atom is -0.465 e. The van der Waals surface area contributed by atoms with Gasteiger partial charge in [0.05, 0.1) is 19.9 Å². The normalized spacial score (nSPS) is 10.7. The molecule has 4 heteroatoms. The number of carbonyl (C=O) groups is 1. The molecule has 0 N–H and O–H groups in total. The van der Waals surface area contributed by atoms with Crippen LogP contribution < -0.4 is 0 Å². The molecule has 0 unspecified atom stereocenters. The van der Waals surface area contributed by atoms with E-state index in [1.54, 1.807) is 0 Å². The molecule has 0 aliphatic carbocycles. The summed E-state index contributed by atoms with van der Waals surface area (Å²) >= 11 is 0. The van der Waals surface area contributed by atoms with Crippen molar-refractivity contribution in [1.82, 2.24) is 4.90 Å². The molecule has 0 spiro atoms. The lowest BCUT2D eigenvalue weighted by molar-refractivity contribution is -0.146. The second-order valence-corrected chi connectivity index (χ2v) is 3.33. The molecule has 0 aliphatic rings. The largest absolute Gasteiger partial charge is 0.465 e. The monoisotopic (exact) mass is 217 g/mol. The number of rotatable bonds is 9. The van der Waals surface area contributed by atoms with Gasteiger partial charge in [0.1, 0.15) is 0 Å². The van der Waals surface area contributed by atoms with Crippen molar-refractivity contribution in [2.24, 2.45) is 0 Å². The smallest absolute Gasteiger partial charge is 0.320 e.